The van der Waals surface area contributed by atoms with Crippen LogP contribution >= 0.6 is 0 Å². The van der Waals surface area contributed by atoms with Gasteiger partial charge in [-0.2, -0.15) is 4.98 Å². The van der Waals surface area contributed by atoms with Gasteiger partial charge in [-0.15, -0.1) is 0 Å². The van der Waals surface area contributed by atoms with Crippen molar-refractivity contribution < 1.29 is 19.2 Å². The monoisotopic (exact) mass is 459 g/mol. The number of carboxylic acids is 1. The smallest absolute Gasteiger partial charge is 0.303 e. The molecule has 9 heteroatoms. The molecule has 34 heavy (non-hydrogen) atoms. The number of hydrogen-bond acceptors (Lipinski definition) is 6. The number of carbonyl (C=O) groups is 2. The normalized spacial score (nSPS) is 15.9. The standard InChI is InChI=1S/C25H25N5O4/c1-25(2,12-22(32)33)11-21(31)30-13-19-18(26-14-27-19)10-20(30)24-28-23(29-34-24)17-8-7-15-5-3-4-6-16(15)9-17/h3-9,14,20H,10-13H2,1-2H3,(H,26,27)(H,32,33). The molecule has 3 heterocycles. The highest BCUT2D eigenvalue weighted by Crippen LogP contribution is 2.35. The molecule has 1 aliphatic rings. The van der Waals surface area contributed by atoms with Gasteiger partial charge >= 0.3 is 5.97 Å². The summed E-state index contributed by atoms with van der Waals surface area (Å²) in [6.45, 7) is 3.88. The Morgan fingerprint density at radius 1 is 1.18 bits per heavy atom. The minimum atomic E-state index is -0.930. The third-order valence-electron chi connectivity index (χ3n) is 6.21. The minimum absolute atomic E-state index is 0.0882. The van der Waals surface area contributed by atoms with E-state index in [1.54, 1.807) is 25.1 Å². The van der Waals surface area contributed by atoms with Gasteiger partial charge in [0.05, 0.1) is 30.7 Å². The fourth-order valence-corrected chi connectivity index (χ4v) is 4.52. The quantitative estimate of drug-likeness (QED) is 0.444. The maximum atomic E-state index is 13.3. The van der Waals surface area contributed by atoms with Crippen LogP contribution in [0.4, 0.5) is 0 Å². The third kappa shape index (κ3) is 4.28. The van der Waals surface area contributed by atoms with Crippen LogP contribution in [0.1, 0.15) is 50.0 Å². The first-order chi connectivity index (χ1) is 16.3. The van der Waals surface area contributed by atoms with E-state index >= 15 is 0 Å². The maximum Gasteiger partial charge on any atom is 0.303 e. The SMILES string of the molecule is CC(C)(CC(=O)O)CC(=O)N1Cc2[nH]cnc2CC1c1nc(-c2ccc3ccccc3c2)no1. The number of hydrogen-bond donors (Lipinski definition) is 2. The van der Waals surface area contributed by atoms with E-state index in [1.165, 1.54) is 0 Å². The van der Waals surface area contributed by atoms with Crippen LogP contribution in [-0.2, 0) is 22.6 Å². The molecule has 0 spiro atoms. The average Bonchev–Trinajstić information content (AvgIpc) is 3.46. The highest BCUT2D eigenvalue weighted by Gasteiger charge is 2.38. The number of benzene rings is 2. The zero-order chi connectivity index (χ0) is 23.9. The Bertz CT molecular complexity index is 1370. The van der Waals surface area contributed by atoms with E-state index in [0.717, 1.165) is 27.7 Å². The van der Waals surface area contributed by atoms with E-state index in [0.29, 0.717) is 24.7 Å². The maximum absolute atomic E-state index is 13.3. The van der Waals surface area contributed by atoms with Gasteiger partial charge < -0.3 is 19.5 Å². The Labute approximate surface area is 195 Å². The summed E-state index contributed by atoms with van der Waals surface area (Å²) < 4.78 is 5.65. The summed E-state index contributed by atoms with van der Waals surface area (Å²) in [6, 6.07) is 13.5. The van der Waals surface area contributed by atoms with Crippen molar-refractivity contribution in [1.29, 1.82) is 0 Å². The van der Waals surface area contributed by atoms with Crippen LogP contribution in [-0.4, -0.2) is 42.0 Å². The Morgan fingerprint density at radius 2 is 1.97 bits per heavy atom. The van der Waals surface area contributed by atoms with Gasteiger partial charge in [0.25, 0.3) is 0 Å². The molecule has 2 N–H and O–H groups in total. The van der Waals surface area contributed by atoms with Gasteiger partial charge in [-0.3, -0.25) is 9.59 Å². The van der Waals surface area contributed by atoms with Crippen LogP contribution < -0.4 is 0 Å². The lowest BCUT2D eigenvalue weighted by Crippen LogP contribution is -2.41. The molecule has 0 bridgehead atoms. The largest absolute Gasteiger partial charge is 0.481 e. The topological polar surface area (TPSA) is 125 Å². The Kier molecular flexibility index (Phi) is 5.39. The number of imidazole rings is 1. The molecule has 0 aliphatic carbocycles. The molecule has 174 valence electrons. The molecule has 1 atom stereocenters. The number of rotatable bonds is 6. The summed E-state index contributed by atoms with van der Waals surface area (Å²) in [4.78, 5) is 38.4. The molecule has 0 fully saturated rings. The molecule has 9 nitrogen and oxygen atoms in total. The lowest BCUT2D eigenvalue weighted by atomic mass is 9.84. The van der Waals surface area contributed by atoms with Crippen molar-refractivity contribution in [3.05, 3.63) is 66.1 Å². The molecule has 2 aromatic carbocycles. The summed E-state index contributed by atoms with van der Waals surface area (Å²) in [7, 11) is 0. The first kappa shape index (κ1) is 21.8. The first-order valence-electron chi connectivity index (χ1n) is 11.1. The Balaban J connectivity index is 1.45. The number of H-pyrrole nitrogens is 1. The van der Waals surface area contributed by atoms with E-state index in [9.17, 15) is 14.7 Å². The van der Waals surface area contributed by atoms with Gasteiger partial charge in [-0.1, -0.05) is 55.4 Å². The number of nitrogens with one attached hydrogen (secondary N) is 1. The predicted octanol–water partition coefficient (Wildman–Crippen LogP) is 4.13. The van der Waals surface area contributed by atoms with Crippen LogP contribution in [0.3, 0.4) is 0 Å². The number of aliphatic carboxylic acids is 1. The second-order valence-electron chi connectivity index (χ2n) is 9.50. The number of fused-ring (bicyclic) bond motifs is 2. The lowest BCUT2D eigenvalue weighted by molar-refractivity contribution is -0.142. The van der Waals surface area contributed by atoms with Crippen molar-refractivity contribution in [1.82, 2.24) is 25.0 Å². The highest BCUT2D eigenvalue weighted by atomic mass is 16.5. The van der Waals surface area contributed by atoms with Crippen molar-refractivity contribution in [2.75, 3.05) is 0 Å². The Hall–Kier alpha value is -4.01. The van der Waals surface area contributed by atoms with Gasteiger partial charge in [0.15, 0.2) is 0 Å². The predicted molar refractivity (Wildman–Crippen MR) is 123 cm³/mol. The molecular weight excluding hydrogens is 434 g/mol. The Morgan fingerprint density at radius 3 is 2.76 bits per heavy atom. The number of aromatic amines is 1. The molecule has 1 amide bonds. The van der Waals surface area contributed by atoms with E-state index in [2.05, 4.69) is 20.1 Å². The number of carbonyl (C=O) groups excluding carboxylic acids is 1. The van der Waals surface area contributed by atoms with Gasteiger partial charge in [-0.05, 0) is 22.3 Å². The molecule has 4 aromatic rings. The van der Waals surface area contributed by atoms with Crippen molar-refractivity contribution in [2.45, 2.75) is 45.7 Å². The van der Waals surface area contributed by atoms with Crippen molar-refractivity contribution >= 4 is 22.6 Å². The molecule has 0 saturated carbocycles. The molecule has 2 aromatic heterocycles. The van der Waals surface area contributed by atoms with Crippen LogP contribution in [0.15, 0.2) is 53.3 Å². The van der Waals surface area contributed by atoms with E-state index < -0.39 is 17.4 Å². The minimum Gasteiger partial charge on any atom is -0.481 e. The van der Waals surface area contributed by atoms with Crippen LogP contribution in [0.5, 0.6) is 0 Å². The number of carboxylic acid groups (broad SMARTS) is 1. The molecule has 1 unspecified atom stereocenters. The first-order valence-corrected chi connectivity index (χ1v) is 11.1. The van der Waals surface area contributed by atoms with E-state index in [-0.39, 0.29) is 18.7 Å². The van der Waals surface area contributed by atoms with Crippen LogP contribution in [0, 0.1) is 5.41 Å². The van der Waals surface area contributed by atoms with Crippen molar-refractivity contribution in [3.8, 4) is 11.4 Å². The molecule has 0 radical (unpaired) electrons. The van der Waals surface area contributed by atoms with Gasteiger partial charge in [0.1, 0.15) is 6.04 Å². The van der Waals surface area contributed by atoms with Crippen molar-refractivity contribution in [3.63, 3.8) is 0 Å². The lowest BCUT2D eigenvalue weighted by Gasteiger charge is -2.35. The summed E-state index contributed by atoms with van der Waals surface area (Å²) in [5.41, 5.74) is 1.84. The highest BCUT2D eigenvalue weighted by molar-refractivity contribution is 5.86. The molecule has 1 aliphatic heterocycles. The van der Waals surface area contributed by atoms with Crippen LogP contribution in [0.25, 0.3) is 22.2 Å². The summed E-state index contributed by atoms with van der Waals surface area (Å²) in [5.74, 6) is -0.309. The summed E-state index contributed by atoms with van der Waals surface area (Å²) in [6.07, 6.45) is 2.03. The zero-order valence-electron chi connectivity index (χ0n) is 19.0. The van der Waals surface area contributed by atoms with E-state index in [1.807, 2.05) is 42.5 Å². The zero-order valence-corrected chi connectivity index (χ0v) is 19.0. The van der Waals surface area contributed by atoms with Crippen LogP contribution in [0.2, 0.25) is 0 Å². The average molecular weight is 460 g/mol. The second kappa shape index (κ2) is 8.40. The number of amides is 1. The number of nitrogens with zero attached hydrogens (tertiary/aromatic N) is 4. The van der Waals surface area contributed by atoms with Gasteiger partial charge in [0, 0.05) is 18.4 Å². The van der Waals surface area contributed by atoms with E-state index in [4.69, 9.17) is 4.52 Å². The van der Waals surface area contributed by atoms with Gasteiger partial charge in [0.2, 0.25) is 17.6 Å². The molecular formula is C25H25N5O4. The van der Waals surface area contributed by atoms with Crippen molar-refractivity contribution in [2.24, 2.45) is 5.41 Å². The molecule has 0 saturated heterocycles. The number of aromatic nitrogens is 4. The van der Waals surface area contributed by atoms with Gasteiger partial charge in [-0.25, -0.2) is 4.98 Å². The second-order valence-corrected chi connectivity index (χ2v) is 9.50. The fourth-order valence-electron chi connectivity index (χ4n) is 4.52. The fraction of sp³-hybridized carbons (Fsp3) is 0.320. The summed E-state index contributed by atoms with van der Waals surface area (Å²) in [5, 5.41) is 15.6. The summed E-state index contributed by atoms with van der Waals surface area (Å²) >= 11 is 0. The third-order valence-corrected chi connectivity index (χ3v) is 6.21. The molecule has 5 rings (SSSR count).